The molecule has 1 heterocycles. The third-order valence-corrected chi connectivity index (χ3v) is 4.09. The molecule has 0 aliphatic rings. The second-order valence-electron chi connectivity index (χ2n) is 4.07. The van der Waals surface area contributed by atoms with Crippen LogP contribution in [-0.4, -0.2) is 14.8 Å². The highest BCUT2D eigenvalue weighted by atomic mass is 79.9. The number of aromatic nitrogens is 1. The molecule has 0 aliphatic carbocycles. The zero-order valence-corrected chi connectivity index (χ0v) is 13.1. The maximum Gasteiger partial charge on any atom is 0.286 e. The summed E-state index contributed by atoms with van der Waals surface area (Å²) in [4.78, 5) is 22.1. The van der Waals surface area contributed by atoms with Crippen molar-refractivity contribution in [1.29, 1.82) is 0 Å². The van der Waals surface area contributed by atoms with Gasteiger partial charge in [0.15, 0.2) is 0 Å². The Hall–Kier alpha value is -0.690. The van der Waals surface area contributed by atoms with E-state index in [1.807, 2.05) is 0 Å². The summed E-state index contributed by atoms with van der Waals surface area (Å²) in [5, 5.41) is 11.5. The molecule has 0 saturated carbocycles. The van der Waals surface area contributed by atoms with Crippen LogP contribution in [0.5, 0.6) is 0 Å². The Kier molecular flexibility index (Phi) is 6.01. The van der Waals surface area contributed by atoms with Crippen molar-refractivity contribution in [3.63, 3.8) is 0 Å². The SMILES string of the molecule is CCCC(CBr)Cn1cc([N+](=O)[O-])cc(Br)c1=O. The van der Waals surface area contributed by atoms with Gasteiger partial charge in [-0.15, -0.1) is 0 Å². The molecule has 0 aromatic carbocycles. The summed E-state index contributed by atoms with van der Waals surface area (Å²) < 4.78 is 1.63. The maximum atomic E-state index is 11.9. The Balaban J connectivity index is 3.07. The molecule has 0 spiro atoms. The van der Waals surface area contributed by atoms with Crippen molar-refractivity contribution in [3.05, 3.63) is 37.2 Å². The third-order valence-electron chi connectivity index (χ3n) is 2.61. The molecule has 0 fully saturated rings. The van der Waals surface area contributed by atoms with Gasteiger partial charge in [-0.05, 0) is 28.3 Å². The van der Waals surface area contributed by atoms with Crippen molar-refractivity contribution in [1.82, 2.24) is 4.57 Å². The molecule has 0 amide bonds. The topological polar surface area (TPSA) is 65.1 Å². The van der Waals surface area contributed by atoms with Crippen LogP contribution in [0, 0.1) is 16.0 Å². The first-order valence-electron chi connectivity index (χ1n) is 5.60. The summed E-state index contributed by atoms with van der Waals surface area (Å²) in [6, 6.07) is 1.24. The van der Waals surface area contributed by atoms with Gasteiger partial charge in [0.05, 0.1) is 15.6 Å². The first-order valence-corrected chi connectivity index (χ1v) is 7.51. The molecule has 5 nitrogen and oxygen atoms in total. The molecule has 18 heavy (non-hydrogen) atoms. The summed E-state index contributed by atoms with van der Waals surface area (Å²) in [6.07, 6.45) is 3.29. The van der Waals surface area contributed by atoms with Crippen LogP contribution < -0.4 is 5.56 Å². The molecule has 1 atom stereocenters. The minimum Gasteiger partial charge on any atom is -0.308 e. The molecule has 1 aromatic heterocycles. The monoisotopic (exact) mass is 380 g/mol. The van der Waals surface area contributed by atoms with E-state index in [0.29, 0.717) is 12.5 Å². The van der Waals surface area contributed by atoms with E-state index in [-0.39, 0.29) is 15.7 Å². The van der Waals surface area contributed by atoms with E-state index in [1.165, 1.54) is 16.8 Å². The molecule has 0 aliphatic heterocycles. The van der Waals surface area contributed by atoms with E-state index in [2.05, 4.69) is 38.8 Å². The molecule has 0 radical (unpaired) electrons. The summed E-state index contributed by atoms with van der Waals surface area (Å²) >= 11 is 6.47. The minimum atomic E-state index is -0.496. The van der Waals surface area contributed by atoms with Crippen LogP contribution in [0.2, 0.25) is 0 Å². The Morgan fingerprint density at radius 1 is 1.56 bits per heavy atom. The Morgan fingerprint density at radius 3 is 2.72 bits per heavy atom. The summed E-state index contributed by atoms with van der Waals surface area (Å²) in [5.74, 6) is 0.293. The highest BCUT2D eigenvalue weighted by Gasteiger charge is 2.15. The molecule has 7 heteroatoms. The fraction of sp³-hybridized carbons (Fsp3) is 0.545. The Labute approximate surface area is 122 Å². The Bertz CT molecular complexity index is 488. The summed E-state index contributed by atoms with van der Waals surface area (Å²) in [5.41, 5.74) is -0.311. The second kappa shape index (κ2) is 7.04. The van der Waals surface area contributed by atoms with Gasteiger partial charge in [0.2, 0.25) is 0 Å². The number of hydrogen-bond donors (Lipinski definition) is 0. The van der Waals surface area contributed by atoms with Gasteiger partial charge in [-0.2, -0.15) is 0 Å². The largest absolute Gasteiger partial charge is 0.308 e. The lowest BCUT2D eigenvalue weighted by molar-refractivity contribution is -0.385. The molecule has 0 saturated heterocycles. The highest BCUT2D eigenvalue weighted by Crippen LogP contribution is 2.17. The molecule has 100 valence electrons. The van der Waals surface area contributed by atoms with Gasteiger partial charge in [0.1, 0.15) is 0 Å². The van der Waals surface area contributed by atoms with Crippen molar-refractivity contribution in [2.24, 2.45) is 5.92 Å². The van der Waals surface area contributed by atoms with Crippen LogP contribution >= 0.6 is 31.9 Å². The molecule has 0 N–H and O–H groups in total. The zero-order chi connectivity index (χ0) is 13.7. The van der Waals surface area contributed by atoms with E-state index >= 15 is 0 Å². The number of pyridine rings is 1. The standard InChI is InChI=1S/C11H14Br2N2O3/c1-2-3-8(5-12)6-14-7-9(15(17)18)4-10(13)11(14)16/h4,7-8H,2-3,5-6H2,1H3. The first-order chi connectivity index (χ1) is 8.49. The third kappa shape index (κ3) is 3.91. The van der Waals surface area contributed by atoms with Gasteiger partial charge < -0.3 is 4.57 Å². The first kappa shape index (κ1) is 15.4. The van der Waals surface area contributed by atoms with Gasteiger partial charge in [-0.1, -0.05) is 29.3 Å². The van der Waals surface area contributed by atoms with Crippen LogP contribution in [0.3, 0.4) is 0 Å². The van der Waals surface area contributed by atoms with Crippen molar-refractivity contribution in [2.45, 2.75) is 26.3 Å². The zero-order valence-electron chi connectivity index (χ0n) is 9.94. The quantitative estimate of drug-likeness (QED) is 0.431. The molecule has 0 bridgehead atoms. The molecule has 1 aromatic rings. The molecule has 1 unspecified atom stereocenters. The van der Waals surface area contributed by atoms with E-state index < -0.39 is 4.92 Å². The Morgan fingerprint density at radius 2 is 2.22 bits per heavy atom. The van der Waals surface area contributed by atoms with E-state index in [0.717, 1.165) is 18.2 Å². The fourth-order valence-electron chi connectivity index (χ4n) is 1.72. The number of hydrogen-bond acceptors (Lipinski definition) is 3. The predicted molar refractivity (Wildman–Crippen MR) is 77.2 cm³/mol. The molecular weight excluding hydrogens is 368 g/mol. The average Bonchev–Trinajstić information content (AvgIpc) is 2.33. The van der Waals surface area contributed by atoms with Crippen LogP contribution in [0.4, 0.5) is 5.69 Å². The normalized spacial score (nSPS) is 12.4. The fourth-order valence-corrected chi connectivity index (χ4v) is 2.71. The molecule has 1 rings (SSSR count). The number of halogens is 2. The summed E-state index contributed by atoms with van der Waals surface area (Å²) in [7, 11) is 0. The van der Waals surface area contributed by atoms with E-state index in [9.17, 15) is 14.9 Å². The van der Waals surface area contributed by atoms with Crippen molar-refractivity contribution in [2.75, 3.05) is 5.33 Å². The maximum absolute atomic E-state index is 11.9. The lowest BCUT2D eigenvalue weighted by atomic mass is 10.1. The van der Waals surface area contributed by atoms with Crippen molar-refractivity contribution < 1.29 is 4.92 Å². The van der Waals surface area contributed by atoms with Crippen LogP contribution in [0.25, 0.3) is 0 Å². The summed E-state index contributed by atoms with van der Waals surface area (Å²) in [6.45, 7) is 2.56. The van der Waals surface area contributed by atoms with E-state index in [1.54, 1.807) is 0 Å². The number of rotatable bonds is 6. The van der Waals surface area contributed by atoms with Gasteiger partial charge in [0, 0.05) is 17.9 Å². The molecular formula is C11H14Br2N2O3. The predicted octanol–water partition coefficient (Wildman–Crippen LogP) is 3.33. The van der Waals surface area contributed by atoms with Gasteiger partial charge in [-0.25, -0.2) is 0 Å². The lowest BCUT2D eigenvalue weighted by Gasteiger charge is -2.14. The smallest absolute Gasteiger partial charge is 0.286 e. The van der Waals surface area contributed by atoms with Crippen molar-refractivity contribution >= 4 is 37.5 Å². The second-order valence-corrected chi connectivity index (χ2v) is 5.57. The lowest BCUT2D eigenvalue weighted by Crippen LogP contribution is -2.25. The van der Waals surface area contributed by atoms with Gasteiger partial charge >= 0.3 is 0 Å². The average molecular weight is 382 g/mol. The van der Waals surface area contributed by atoms with Gasteiger partial charge in [-0.3, -0.25) is 14.9 Å². The van der Waals surface area contributed by atoms with Gasteiger partial charge in [0.25, 0.3) is 11.2 Å². The van der Waals surface area contributed by atoms with Crippen molar-refractivity contribution in [3.8, 4) is 0 Å². The number of nitro groups is 1. The number of nitrogens with zero attached hydrogens (tertiary/aromatic N) is 2. The van der Waals surface area contributed by atoms with Crippen LogP contribution in [0.1, 0.15) is 19.8 Å². The number of alkyl halides is 1. The minimum absolute atomic E-state index is 0.0775. The van der Waals surface area contributed by atoms with E-state index in [4.69, 9.17) is 0 Å². The van der Waals surface area contributed by atoms with Crippen LogP contribution in [-0.2, 0) is 6.54 Å². The van der Waals surface area contributed by atoms with Crippen LogP contribution in [0.15, 0.2) is 21.5 Å². The highest BCUT2D eigenvalue weighted by molar-refractivity contribution is 9.10.